The summed E-state index contributed by atoms with van der Waals surface area (Å²) in [6.07, 6.45) is 11.0. The summed E-state index contributed by atoms with van der Waals surface area (Å²) in [5, 5.41) is 2.88. The Balaban J connectivity index is 1.61. The number of fused-ring (bicyclic) bond motifs is 3. The fraction of sp³-hybridized carbons (Fsp3) is 0.519. The normalized spacial score (nSPS) is 41.6. The summed E-state index contributed by atoms with van der Waals surface area (Å²) in [5.41, 5.74) is 8.65. The second-order valence-electron chi connectivity index (χ2n) is 10.8. The molecule has 1 heteroatoms. The van der Waals surface area contributed by atoms with Crippen molar-refractivity contribution in [3.63, 3.8) is 0 Å². The first-order valence-electron chi connectivity index (χ1n) is 11.6. The van der Waals surface area contributed by atoms with Crippen LogP contribution in [0.1, 0.15) is 74.0 Å². The molecule has 0 aliphatic heterocycles. The Morgan fingerprint density at radius 3 is 2.64 bits per heavy atom. The van der Waals surface area contributed by atoms with Crippen molar-refractivity contribution in [1.82, 2.24) is 0 Å². The molecule has 3 unspecified atom stereocenters. The Hall–Kier alpha value is -1.89. The van der Waals surface area contributed by atoms with Gasteiger partial charge in [-0.05, 0) is 96.7 Å². The van der Waals surface area contributed by atoms with E-state index < -0.39 is 0 Å². The fourth-order valence-corrected chi connectivity index (χ4v) is 9.30. The van der Waals surface area contributed by atoms with E-state index in [0.29, 0.717) is 5.78 Å². The molecule has 2 spiro atoms. The highest BCUT2D eigenvalue weighted by Crippen LogP contribution is 2.75. The van der Waals surface area contributed by atoms with E-state index in [1.54, 1.807) is 5.56 Å². The lowest BCUT2D eigenvalue weighted by molar-refractivity contribution is -0.123. The summed E-state index contributed by atoms with van der Waals surface area (Å²) in [5.74, 6) is 2.24. The summed E-state index contributed by atoms with van der Waals surface area (Å²) in [7, 11) is 0. The molecule has 0 N–H and O–H groups in total. The highest BCUT2D eigenvalue weighted by atomic mass is 16.1. The van der Waals surface area contributed by atoms with Crippen molar-refractivity contribution in [3.05, 3.63) is 58.2 Å². The van der Waals surface area contributed by atoms with Gasteiger partial charge in [0, 0.05) is 17.3 Å². The van der Waals surface area contributed by atoms with Gasteiger partial charge in [-0.1, -0.05) is 35.4 Å². The molecule has 2 aromatic carbocycles. The molecule has 28 heavy (non-hydrogen) atoms. The summed E-state index contributed by atoms with van der Waals surface area (Å²) >= 11 is 0. The van der Waals surface area contributed by atoms with Crippen LogP contribution in [-0.2, 0) is 16.6 Å². The molecule has 1 nitrogen and oxygen atoms in total. The van der Waals surface area contributed by atoms with Gasteiger partial charge >= 0.3 is 0 Å². The minimum Gasteiger partial charge on any atom is -0.299 e. The topological polar surface area (TPSA) is 17.1 Å². The number of ketones is 1. The fourth-order valence-electron chi connectivity index (χ4n) is 9.30. The standard InChI is InChI=1S/C27H26O/c28-22-5-4-17-12-16-2-1-3-21-19(16)13-20(17)25(22)27-11-8-18(14-27)24-23(27)15-6-9-26(21,24)10-7-15/h1-3,12-13,15,18,25H,4-11,14H2. The first kappa shape index (κ1) is 15.0. The average Bonchev–Trinajstić information content (AvgIpc) is 3.31. The number of aryl methyl sites for hydroxylation is 1. The van der Waals surface area contributed by atoms with Gasteiger partial charge in [0.15, 0.2) is 0 Å². The first-order valence-corrected chi connectivity index (χ1v) is 11.6. The largest absolute Gasteiger partial charge is 0.299 e. The van der Waals surface area contributed by atoms with Gasteiger partial charge in [0.25, 0.3) is 0 Å². The van der Waals surface area contributed by atoms with Crippen LogP contribution in [0.25, 0.3) is 10.8 Å². The van der Waals surface area contributed by atoms with Crippen LogP contribution < -0.4 is 0 Å². The van der Waals surface area contributed by atoms with Gasteiger partial charge in [0.05, 0.1) is 5.92 Å². The number of carbonyl (C=O) groups is 1. The zero-order valence-corrected chi connectivity index (χ0v) is 16.4. The number of rotatable bonds is 0. The van der Waals surface area contributed by atoms with Crippen molar-refractivity contribution in [2.45, 2.75) is 69.1 Å². The van der Waals surface area contributed by atoms with Gasteiger partial charge < -0.3 is 0 Å². The number of Topliss-reactive ketones (excluding diaryl/α,β-unsaturated/α-hetero) is 1. The molecule has 0 amide bonds. The van der Waals surface area contributed by atoms with Crippen LogP contribution in [-0.4, -0.2) is 5.78 Å². The highest BCUT2D eigenvalue weighted by molar-refractivity contribution is 5.95. The van der Waals surface area contributed by atoms with E-state index >= 15 is 0 Å². The van der Waals surface area contributed by atoms with Gasteiger partial charge in [-0.2, -0.15) is 0 Å². The average molecular weight is 367 g/mol. The Labute approximate surface area is 166 Å². The van der Waals surface area contributed by atoms with Gasteiger partial charge in [-0.15, -0.1) is 0 Å². The molecule has 7 aliphatic carbocycles. The van der Waals surface area contributed by atoms with Crippen molar-refractivity contribution >= 4 is 16.6 Å². The van der Waals surface area contributed by atoms with E-state index in [2.05, 4.69) is 30.3 Å². The Morgan fingerprint density at radius 1 is 0.893 bits per heavy atom. The number of hydrogen-bond acceptors (Lipinski definition) is 1. The van der Waals surface area contributed by atoms with E-state index in [1.165, 1.54) is 66.8 Å². The molecule has 0 aromatic heterocycles. The van der Waals surface area contributed by atoms with E-state index in [-0.39, 0.29) is 16.7 Å². The Kier molecular flexibility index (Phi) is 2.40. The van der Waals surface area contributed by atoms with Crippen LogP contribution in [0.2, 0.25) is 0 Å². The zero-order chi connectivity index (χ0) is 18.3. The lowest BCUT2D eigenvalue weighted by Crippen LogP contribution is -2.45. The molecule has 8 bridgehead atoms. The molecule has 3 atom stereocenters. The summed E-state index contributed by atoms with van der Waals surface area (Å²) < 4.78 is 0. The maximum atomic E-state index is 13.5. The lowest BCUT2D eigenvalue weighted by Gasteiger charge is -2.54. The van der Waals surface area contributed by atoms with E-state index in [4.69, 9.17) is 0 Å². The first-order chi connectivity index (χ1) is 13.7. The number of hydrogen-bond donors (Lipinski definition) is 0. The van der Waals surface area contributed by atoms with Crippen LogP contribution in [0.15, 0.2) is 41.5 Å². The molecular weight excluding hydrogens is 340 g/mol. The minimum absolute atomic E-state index is 0.153. The molecule has 0 heterocycles. The van der Waals surface area contributed by atoms with E-state index in [0.717, 1.165) is 24.7 Å². The third kappa shape index (κ3) is 1.39. The van der Waals surface area contributed by atoms with Gasteiger partial charge in [-0.3, -0.25) is 4.79 Å². The van der Waals surface area contributed by atoms with Crippen LogP contribution >= 0.6 is 0 Å². The van der Waals surface area contributed by atoms with Crippen molar-refractivity contribution in [1.29, 1.82) is 0 Å². The second kappa shape index (κ2) is 4.48. The third-order valence-corrected chi connectivity index (χ3v) is 10.0. The van der Waals surface area contributed by atoms with Crippen LogP contribution in [0.3, 0.4) is 0 Å². The summed E-state index contributed by atoms with van der Waals surface area (Å²) in [6, 6.07) is 12.0. The SMILES string of the molecule is O=C1CCc2cc3cccc4c3cc2C1C12CCC(C1)C1=C2C2CCC14CC2. The molecule has 140 valence electrons. The molecular formula is C27H26O. The van der Waals surface area contributed by atoms with Crippen molar-refractivity contribution in [3.8, 4) is 0 Å². The number of allylic oxidation sites excluding steroid dienone is 2. The Morgan fingerprint density at radius 2 is 1.75 bits per heavy atom. The van der Waals surface area contributed by atoms with Crippen molar-refractivity contribution in [2.24, 2.45) is 17.3 Å². The van der Waals surface area contributed by atoms with Crippen LogP contribution in [0, 0.1) is 17.3 Å². The van der Waals surface area contributed by atoms with Gasteiger partial charge in [-0.25, -0.2) is 0 Å². The minimum atomic E-state index is 0.153. The van der Waals surface area contributed by atoms with Crippen LogP contribution in [0.5, 0.6) is 0 Å². The maximum Gasteiger partial charge on any atom is 0.141 e. The van der Waals surface area contributed by atoms with Crippen molar-refractivity contribution < 1.29 is 4.79 Å². The predicted molar refractivity (Wildman–Crippen MR) is 110 cm³/mol. The number of benzene rings is 2. The van der Waals surface area contributed by atoms with Gasteiger partial charge in [0.2, 0.25) is 0 Å². The second-order valence-corrected chi connectivity index (χ2v) is 10.8. The lowest BCUT2D eigenvalue weighted by atomic mass is 9.49. The molecule has 0 saturated heterocycles. The smallest absolute Gasteiger partial charge is 0.141 e. The van der Waals surface area contributed by atoms with E-state index in [1.807, 2.05) is 11.1 Å². The van der Waals surface area contributed by atoms with E-state index in [9.17, 15) is 4.79 Å². The highest BCUT2D eigenvalue weighted by Gasteiger charge is 2.65. The summed E-state index contributed by atoms with van der Waals surface area (Å²) in [6.45, 7) is 0. The zero-order valence-electron chi connectivity index (χ0n) is 16.4. The third-order valence-electron chi connectivity index (χ3n) is 10.0. The quantitative estimate of drug-likeness (QED) is 0.523. The molecule has 2 aromatic rings. The van der Waals surface area contributed by atoms with Crippen molar-refractivity contribution in [2.75, 3.05) is 0 Å². The maximum absolute atomic E-state index is 13.5. The van der Waals surface area contributed by atoms with Gasteiger partial charge in [0.1, 0.15) is 5.78 Å². The molecule has 2 fully saturated rings. The predicted octanol–water partition coefficient (Wildman–Crippen LogP) is 5.99. The molecule has 7 aliphatic rings. The monoisotopic (exact) mass is 366 g/mol. The molecule has 0 radical (unpaired) electrons. The molecule has 2 saturated carbocycles. The van der Waals surface area contributed by atoms with Crippen LogP contribution in [0.4, 0.5) is 0 Å². The number of carbonyl (C=O) groups excluding carboxylic acids is 1. The Bertz CT molecular complexity index is 1140. The molecule has 9 rings (SSSR count). The summed E-state index contributed by atoms with van der Waals surface area (Å²) in [4.78, 5) is 13.5.